The second-order valence-corrected chi connectivity index (χ2v) is 7.60. The number of benzene rings is 1. The summed E-state index contributed by atoms with van der Waals surface area (Å²) in [6, 6.07) is 8.85. The molecule has 1 N–H and O–H groups in total. The Morgan fingerprint density at radius 1 is 1.25 bits per heavy atom. The van der Waals surface area contributed by atoms with Gasteiger partial charge in [0.05, 0.1) is 12.7 Å². The van der Waals surface area contributed by atoms with Gasteiger partial charge in [-0.2, -0.15) is 0 Å². The lowest BCUT2D eigenvalue weighted by Crippen LogP contribution is -2.60. The summed E-state index contributed by atoms with van der Waals surface area (Å²) in [5.41, 5.74) is 1.49. The molecular formula is C17H24BrNO. The quantitative estimate of drug-likeness (QED) is 0.817. The molecule has 1 saturated heterocycles. The summed E-state index contributed by atoms with van der Waals surface area (Å²) in [6.07, 6.45) is 5.32. The van der Waals surface area contributed by atoms with Crippen LogP contribution in [0.15, 0.2) is 28.7 Å². The van der Waals surface area contributed by atoms with Gasteiger partial charge in [-0.1, -0.05) is 35.0 Å². The summed E-state index contributed by atoms with van der Waals surface area (Å²) in [5, 5.41) is 3.88. The van der Waals surface area contributed by atoms with Crippen molar-refractivity contribution in [2.75, 3.05) is 6.61 Å². The minimum atomic E-state index is 0.164. The molecular weight excluding hydrogens is 314 g/mol. The standard InChI is InChI=1S/C17H24BrNO/c1-12-6-8-17(9-7-12)11-20-16(13(2)19-17)14-4-3-5-15(18)10-14/h3-5,10,12-13,16,19H,6-9,11H2,1-2H3. The Morgan fingerprint density at radius 2 is 2.00 bits per heavy atom. The molecule has 1 aromatic rings. The van der Waals surface area contributed by atoms with Gasteiger partial charge in [-0.05, 0) is 56.2 Å². The fourth-order valence-electron chi connectivity index (χ4n) is 3.67. The summed E-state index contributed by atoms with van der Waals surface area (Å²) >= 11 is 3.55. The van der Waals surface area contributed by atoms with Crippen LogP contribution in [0.2, 0.25) is 0 Å². The molecule has 2 unspecified atom stereocenters. The number of hydrogen-bond acceptors (Lipinski definition) is 2. The molecule has 1 aliphatic carbocycles. The maximum absolute atomic E-state index is 6.28. The summed E-state index contributed by atoms with van der Waals surface area (Å²) in [6.45, 7) is 5.47. The van der Waals surface area contributed by atoms with Crippen LogP contribution in [-0.4, -0.2) is 18.2 Å². The molecule has 1 saturated carbocycles. The van der Waals surface area contributed by atoms with Crippen molar-refractivity contribution < 1.29 is 4.74 Å². The Labute approximate surface area is 130 Å². The Bertz CT molecular complexity index is 468. The molecule has 0 radical (unpaired) electrons. The zero-order valence-corrected chi connectivity index (χ0v) is 13.9. The number of ether oxygens (including phenoxy) is 1. The number of halogens is 1. The third-order valence-corrected chi connectivity index (χ3v) is 5.43. The molecule has 1 spiro atoms. The van der Waals surface area contributed by atoms with Gasteiger partial charge < -0.3 is 10.1 Å². The van der Waals surface area contributed by atoms with E-state index in [0.29, 0.717) is 6.04 Å². The van der Waals surface area contributed by atoms with Crippen molar-refractivity contribution in [2.24, 2.45) is 5.92 Å². The molecule has 0 bridgehead atoms. The van der Waals surface area contributed by atoms with Crippen molar-refractivity contribution in [1.82, 2.24) is 5.32 Å². The lowest BCUT2D eigenvalue weighted by molar-refractivity contribution is -0.0746. The van der Waals surface area contributed by atoms with Gasteiger partial charge in [0.15, 0.2) is 0 Å². The lowest BCUT2D eigenvalue weighted by atomic mass is 9.76. The van der Waals surface area contributed by atoms with Crippen molar-refractivity contribution in [1.29, 1.82) is 0 Å². The molecule has 2 nitrogen and oxygen atoms in total. The average molecular weight is 338 g/mol. The van der Waals surface area contributed by atoms with E-state index in [-0.39, 0.29) is 11.6 Å². The van der Waals surface area contributed by atoms with Crippen LogP contribution in [0, 0.1) is 5.92 Å². The van der Waals surface area contributed by atoms with Crippen LogP contribution < -0.4 is 5.32 Å². The highest BCUT2D eigenvalue weighted by molar-refractivity contribution is 9.10. The molecule has 2 fully saturated rings. The van der Waals surface area contributed by atoms with Crippen LogP contribution in [0.25, 0.3) is 0 Å². The van der Waals surface area contributed by atoms with Crippen molar-refractivity contribution in [3.05, 3.63) is 34.3 Å². The number of nitrogens with one attached hydrogen (secondary N) is 1. The SMILES string of the molecule is CC1CCC2(CC1)COC(c1cccc(Br)c1)C(C)N2. The Morgan fingerprint density at radius 3 is 2.65 bits per heavy atom. The van der Waals surface area contributed by atoms with E-state index < -0.39 is 0 Å². The number of morpholine rings is 1. The van der Waals surface area contributed by atoms with Gasteiger partial charge in [0.2, 0.25) is 0 Å². The van der Waals surface area contributed by atoms with Crippen LogP contribution >= 0.6 is 15.9 Å². The molecule has 1 aromatic carbocycles. The molecule has 1 heterocycles. The van der Waals surface area contributed by atoms with E-state index in [1.54, 1.807) is 0 Å². The average Bonchev–Trinajstić information content (AvgIpc) is 2.43. The highest BCUT2D eigenvalue weighted by atomic mass is 79.9. The van der Waals surface area contributed by atoms with E-state index in [4.69, 9.17) is 4.74 Å². The minimum absolute atomic E-state index is 0.164. The normalized spacial score (nSPS) is 38.0. The van der Waals surface area contributed by atoms with Gasteiger partial charge >= 0.3 is 0 Å². The second kappa shape index (κ2) is 5.78. The molecule has 110 valence electrons. The van der Waals surface area contributed by atoms with E-state index in [1.807, 2.05) is 0 Å². The van der Waals surface area contributed by atoms with Gasteiger partial charge in [-0.15, -0.1) is 0 Å². The topological polar surface area (TPSA) is 21.3 Å². The third kappa shape index (κ3) is 2.95. The van der Waals surface area contributed by atoms with Crippen molar-refractivity contribution in [3.8, 4) is 0 Å². The largest absolute Gasteiger partial charge is 0.370 e. The minimum Gasteiger partial charge on any atom is -0.370 e. The molecule has 20 heavy (non-hydrogen) atoms. The highest BCUT2D eigenvalue weighted by Crippen LogP contribution is 2.38. The van der Waals surface area contributed by atoms with Crippen LogP contribution in [0.1, 0.15) is 51.2 Å². The van der Waals surface area contributed by atoms with E-state index in [2.05, 4.69) is 59.4 Å². The van der Waals surface area contributed by atoms with Crippen LogP contribution in [0.4, 0.5) is 0 Å². The molecule has 3 rings (SSSR count). The first-order valence-corrected chi connectivity index (χ1v) is 8.52. The first-order chi connectivity index (χ1) is 9.58. The number of hydrogen-bond donors (Lipinski definition) is 1. The molecule has 0 amide bonds. The Hall–Kier alpha value is -0.380. The molecule has 3 heteroatoms. The zero-order chi connectivity index (χ0) is 14.2. The van der Waals surface area contributed by atoms with Crippen molar-refractivity contribution in [3.63, 3.8) is 0 Å². The highest BCUT2D eigenvalue weighted by Gasteiger charge is 2.41. The van der Waals surface area contributed by atoms with Gasteiger partial charge in [0.25, 0.3) is 0 Å². The van der Waals surface area contributed by atoms with Crippen LogP contribution in [0.3, 0.4) is 0 Å². The molecule has 2 aliphatic rings. The van der Waals surface area contributed by atoms with Gasteiger partial charge in [0.1, 0.15) is 0 Å². The maximum atomic E-state index is 6.28. The van der Waals surface area contributed by atoms with E-state index in [9.17, 15) is 0 Å². The first-order valence-electron chi connectivity index (χ1n) is 7.73. The summed E-state index contributed by atoms with van der Waals surface area (Å²) < 4.78 is 7.40. The van der Waals surface area contributed by atoms with E-state index in [0.717, 1.165) is 17.0 Å². The zero-order valence-electron chi connectivity index (χ0n) is 12.4. The molecule has 2 atom stereocenters. The van der Waals surface area contributed by atoms with E-state index in [1.165, 1.54) is 31.2 Å². The number of rotatable bonds is 1. The summed E-state index contributed by atoms with van der Waals surface area (Å²) in [5.74, 6) is 0.875. The smallest absolute Gasteiger partial charge is 0.0976 e. The predicted octanol–water partition coefficient (Wildman–Crippen LogP) is 4.45. The maximum Gasteiger partial charge on any atom is 0.0976 e. The Balaban J connectivity index is 1.71. The fraction of sp³-hybridized carbons (Fsp3) is 0.647. The monoisotopic (exact) mass is 337 g/mol. The lowest BCUT2D eigenvalue weighted by Gasteiger charge is -2.48. The van der Waals surface area contributed by atoms with Gasteiger partial charge in [-0.25, -0.2) is 0 Å². The molecule has 0 aromatic heterocycles. The fourth-order valence-corrected chi connectivity index (χ4v) is 4.08. The summed E-state index contributed by atoms with van der Waals surface area (Å²) in [7, 11) is 0. The first kappa shape index (κ1) is 14.6. The predicted molar refractivity (Wildman–Crippen MR) is 85.8 cm³/mol. The Kier molecular flexibility index (Phi) is 4.21. The van der Waals surface area contributed by atoms with E-state index >= 15 is 0 Å². The van der Waals surface area contributed by atoms with Gasteiger partial charge in [0, 0.05) is 16.1 Å². The molecule has 1 aliphatic heterocycles. The van der Waals surface area contributed by atoms with Gasteiger partial charge in [-0.3, -0.25) is 0 Å². The second-order valence-electron chi connectivity index (χ2n) is 6.68. The third-order valence-electron chi connectivity index (χ3n) is 4.94. The summed E-state index contributed by atoms with van der Waals surface area (Å²) in [4.78, 5) is 0. The van der Waals surface area contributed by atoms with Crippen molar-refractivity contribution in [2.45, 2.75) is 57.2 Å². The van der Waals surface area contributed by atoms with Crippen LogP contribution in [0.5, 0.6) is 0 Å². The van der Waals surface area contributed by atoms with Crippen LogP contribution in [-0.2, 0) is 4.74 Å². The van der Waals surface area contributed by atoms with Crippen molar-refractivity contribution >= 4 is 15.9 Å².